The number of nitrogens with two attached hydrogens (primary N) is 1. The largest absolute Gasteiger partial charge is 0.395 e. The molecule has 0 aliphatic heterocycles. The second-order valence-corrected chi connectivity index (χ2v) is 3.36. The Bertz CT molecular complexity index is 266. The van der Waals surface area contributed by atoms with E-state index in [0.717, 1.165) is 5.56 Å². The molecule has 1 rings (SSSR count). The lowest BCUT2D eigenvalue weighted by Crippen LogP contribution is -2.42. The molecule has 4 N–H and O–H groups in total. The molecule has 1 aromatic rings. The summed E-state index contributed by atoms with van der Waals surface area (Å²) < 4.78 is 5.40. The van der Waals surface area contributed by atoms with Crippen molar-refractivity contribution in [2.75, 3.05) is 13.2 Å². The predicted molar refractivity (Wildman–Crippen MR) is 57.2 cm³/mol. The molecule has 1 aromatic carbocycles. The van der Waals surface area contributed by atoms with Gasteiger partial charge in [0.25, 0.3) is 0 Å². The lowest BCUT2D eigenvalue weighted by Gasteiger charge is -2.20. The van der Waals surface area contributed by atoms with E-state index in [0.29, 0.717) is 6.61 Å². The smallest absolute Gasteiger partial charge is 0.0983 e. The van der Waals surface area contributed by atoms with E-state index in [1.54, 1.807) is 0 Å². The molecular weight excluding hydrogens is 194 g/mol. The average molecular weight is 211 g/mol. The van der Waals surface area contributed by atoms with E-state index in [1.807, 2.05) is 30.3 Å². The van der Waals surface area contributed by atoms with E-state index in [-0.39, 0.29) is 13.2 Å². The number of aliphatic hydroxyl groups excluding tert-OH is 2. The molecule has 0 bridgehead atoms. The van der Waals surface area contributed by atoms with E-state index in [2.05, 4.69) is 0 Å². The fourth-order valence-corrected chi connectivity index (χ4v) is 1.21. The maximum Gasteiger partial charge on any atom is 0.0983 e. The lowest BCUT2D eigenvalue weighted by atomic mass is 10.2. The number of hydrogen-bond acceptors (Lipinski definition) is 4. The van der Waals surface area contributed by atoms with Gasteiger partial charge in [0.05, 0.1) is 32.0 Å². The first-order valence-corrected chi connectivity index (χ1v) is 4.90. The maximum atomic E-state index is 8.99. The van der Waals surface area contributed by atoms with Gasteiger partial charge in [0, 0.05) is 0 Å². The summed E-state index contributed by atoms with van der Waals surface area (Å²) in [6, 6.07) is 9.07. The Balaban J connectivity index is 2.41. The van der Waals surface area contributed by atoms with Crippen LogP contribution in [0.15, 0.2) is 30.3 Å². The number of aliphatic hydroxyl groups is 2. The van der Waals surface area contributed by atoms with Gasteiger partial charge < -0.3 is 20.7 Å². The summed E-state index contributed by atoms with van der Waals surface area (Å²) in [6.07, 6.45) is -0.518. The van der Waals surface area contributed by atoms with Crippen molar-refractivity contribution in [1.82, 2.24) is 0 Å². The van der Waals surface area contributed by atoms with Gasteiger partial charge in [-0.15, -0.1) is 0 Å². The molecule has 0 saturated heterocycles. The van der Waals surface area contributed by atoms with Gasteiger partial charge in [0.15, 0.2) is 0 Å². The molecule has 4 nitrogen and oxygen atoms in total. The fourth-order valence-electron chi connectivity index (χ4n) is 1.21. The Hall–Kier alpha value is -0.940. The van der Waals surface area contributed by atoms with E-state index < -0.39 is 12.1 Å². The third-order valence-corrected chi connectivity index (χ3v) is 2.18. The third-order valence-electron chi connectivity index (χ3n) is 2.18. The van der Waals surface area contributed by atoms with Crippen LogP contribution in [0.3, 0.4) is 0 Å². The zero-order valence-electron chi connectivity index (χ0n) is 8.54. The second-order valence-electron chi connectivity index (χ2n) is 3.36. The van der Waals surface area contributed by atoms with E-state index in [4.69, 9.17) is 20.7 Å². The standard InChI is InChI=1S/C11H17NO3/c12-10(6-13)11(7-14)15-8-9-4-2-1-3-5-9/h1-5,10-11,13-14H,6-8,12H2. The topological polar surface area (TPSA) is 75.7 Å². The van der Waals surface area contributed by atoms with Crippen molar-refractivity contribution in [1.29, 1.82) is 0 Å². The quantitative estimate of drug-likeness (QED) is 0.613. The minimum absolute atomic E-state index is 0.186. The molecule has 4 heteroatoms. The predicted octanol–water partition coefficient (Wildman–Crippen LogP) is -0.116. The number of rotatable bonds is 6. The summed E-state index contributed by atoms with van der Waals surface area (Å²) in [6.45, 7) is 0.00828. The maximum absolute atomic E-state index is 8.99. The van der Waals surface area contributed by atoms with E-state index >= 15 is 0 Å². The molecule has 0 saturated carbocycles. The summed E-state index contributed by atoms with van der Waals surface area (Å²) >= 11 is 0. The highest BCUT2D eigenvalue weighted by Gasteiger charge is 2.16. The van der Waals surface area contributed by atoms with Crippen molar-refractivity contribution in [3.8, 4) is 0 Å². The van der Waals surface area contributed by atoms with Crippen LogP contribution < -0.4 is 5.73 Å². The highest BCUT2D eigenvalue weighted by Crippen LogP contribution is 2.04. The first-order valence-electron chi connectivity index (χ1n) is 4.90. The zero-order chi connectivity index (χ0) is 11.1. The van der Waals surface area contributed by atoms with Crippen LogP contribution in [0, 0.1) is 0 Å². The van der Waals surface area contributed by atoms with Crippen LogP contribution in [0.4, 0.5) is 0 Å². The van der Waals surface area contributed by atoms with Gasteiger partial charge >= 0.3 is 0 Å². The van der Waals surface area contributed by atoms with Crippen molar-refractivity contribution < 1.29 is 14.9 Å². The van der Waals surface area contributed by atoms with E-state index in [1.165, 1.54) is 0 Å². The molecule has 0 amide bonds. The number of benzene rings is 1. The Morgan fingerprint density at radius 2 is 1.80 bits per heavy atom. The van der Waals surface area contributed by atoms with Gasteiger partial charge in [0.2, 0.25) is 0 Å². The molecule has 2 unspecified atom stereocenters. The van der Waals surface area contributed by atoms with Crippen LogP contribution in [-0.4, -0.2) is 35.6 Å². The summed E-state index contributed by atoms with van der Waals surface area (Å²) in [4.78, 5) is 0. The minimum atomic E-state index is -0.543. The van der Waals surface area contributed by atoms with Crippen molar-refractivity contribution in [3.05, 3.63) is 35.9 Å². The third kappa shape index (κ3) is 3.97. The van der Waals surface area contributed by atoms with Crippen LogP contribution in [0.5, 0.6) is 0 Å². The minimum Gasteiger partial charge on any atom is -0.395 e. The summed E-state index contributed by atoms with van der Waals surface area (Å²) in [5.74, 6) is 0. The van der Waals surface area contributed by atoms with Gasteiger partial charge in [-0.3, -0.25) is 0 Å². The van der Waals surface area contributed by atoms with Crippen molar-refractivity contribution >= 4 is 0 Å². The molecule has 0 aliphatic rings. The van der Waals surface area contributed by atoms with Gasteiger partial charge in [-0.1, -0.05) is 30.3 Å². The van der Waals surface area contributed by atoms with E-state index in [9.17, 15) is 0 Å². The molecule has 0 spiro atoms. The Labute approximate surface area is 89.3 Å². The number of ether oxygens (including phenoxy) is 1. The normalized spacial score (nSPS) is 14.9. The molecule has 0 aliphatic carbocycles. The van der Waals surface area contributed by atoms with Crippen LogP contribution in [0.1, 0.15) is 5.56 Å². The highest BCUT2D eigenvalue weighted by molar-refractivity contribution is 5.13. The molecule has 84 valence electrons. The SMILES string of the molecule is NC(CO)C(CO)OCc1ccccc1. The van der Waals surface area contributed by atoms with Crippen LogP contribution in [0.2, 0.25) is 0 Å². The van der Waals surface area contributed by atoms with Gasteiger partial charge in [-0.2, -0.15) is 0 Å². The van der Waals surface area contributed by atoms with Crippen molar-refractivity contribution in [3.63, 3.8) is 0 Å². The molecule has 0 heterocycles. The van der Waals surface area contributed by atoms with Crippen molar-refractivity contribution in [2.45, 2.75) is 18.8 Å². The number of hydrogen-bond donors (Lipinski definition) is 3. The second kappa shape index (κ2) is 6.53. The van der Waals surface area contributed by atoms with Crippen molar-refractivity contribution in [2.24, 2.45) is 5.73 Å². The molecule has 0 fully saturated rings. The zero-order valence-corrected chi connectivity index (χ0v) is 8.54. The fraction of sp³-hybridized carbons (Fsp3) is 0.455. The van der Waals surface area contributed by atoms with Crippen LogP contribution >= 0.6 is 0 Å². The van der Waals surface area contributed by atoms with Crippen LogP contribution in [-0.2, 0) is 11.3 Å². The summed E-state index contributed by atoms with van der Waals surface area (Å²) in [7, 11) is 0. The summed E-state index contributed by atoms with van der Waals surface area (Å²) in [5.41, 5.74) is 6.57. The molecular formula is C11H17NO3. The first kappa shape index (κ1) is 12.1. The average Bonchev–Trinajstić information content (AvgIpc) is 2.31. The Kier molecular flexibility index (Phi) is 5.28. The Morgan fingerprint density at radius 3 is 2.33 bits per heavy atom. The monoisotopic (exact) mass is 211 g/mol. The van der Waals surface area contributed by atoms with Gasteiger partial charge in [-0.25, -0.2) is 0 Å². The summed E-state index contributed by atoms with van der Waals surface area (Å²) in [5, 5.41) is 17.8. The Morgan fingerprint density at radius 1 is 1.13 bits per heavy atom. The highest BCUT2D eigenvalue weighted by atomic mass is 16.5. The lowest BCUT2D eigenvalue weighted by molar-refractivity contribution is -0.0223. The molecule has 0 radical (unpaired) electrons. The van der Waals surface area contributed by atoms with Gasteiger partial charge in [-0.05, 0) is 5.56 Å². The molecule has 0 aromatic heterocycles. The van der Waals surface area contributed by atoms with Crippen LogP contribution in [0.25, 0.3) is 0 Å². The van der Waals surface area contributed by atoms with Gasteiger partial charge in [0.1, 0.15) is 0 Å². The molecule has 2 atom stereocenters. The molecule has 15 heavy (non-hydrogen) atoms. The first-order chi connectivity index (χ1) is 7.27.